The highest BCUT2D eigenvalue weighted by Crippen LogP contribution is 2.37. The van der Waals surface area contributed by atoms with Gasteiger partial charge in [-0.2, -0.15) is 0 Å². The number of H-pyrrole nitrogens is 1. The van der Waals surface area contributed by atoms with Gasteiger partial charge < -0.3 is 39.5 Å². The number of anilines is 4. The van der Waals surface area contributed by atoms with Crippen molar-refractivity contribution < 1.29 is 38.4 Å². The number of carbonyl (C=O) groups excluding carboxylic acids is 2. The van der Waals surface area contributed by atoms with E-state index in [-0.39, 0.29) is 24.8 Å². The topological polar surface area (TPSA) is 220 Å². The Morgan fingerprint density at radius 3 is 2.13 bits per heavy atom. The number of hydrogen-bond acceptors (Lipinski definition) is 13. The summed E-state index contributed by atoms with van der Waals surface area (Å²) in [5.41, 5.74) is 5.55. The van der Waals surface area contributed by atoms with E-state index in [1.54, 1.807) is 45.1 Å². The summed E-state index contributed by atoms with van der Waals surface area (Å²) in [6, 6.07) is 14.4. The standard InChI is InChI=1S/C16H21N5O2.C13H16N2O5.C8H8N2O3.C3H4.CH4/c1-3-21(16(22)17-2)13-4-5-15-14(8-13)20(6-7-23-15)10-12-9-18-11-19-12;1-13(2,3)20-12(16)14-6-7-19-11-5-4-9(15(17)18)8-10(11)14;11-10(12)6-1-2-8-7(5-6)9-3-4-13-8;1-3-2;/h4-5,8-9,11H,3,6-7,10H2,1-2H3,(H,17,22)(H,18,19);4-5,8H,6-7H2,1-3H3;1-2,5,9H,3-4H2;1-2H2;1H4. The smallest absolute Gasteiger partial charge is 0.415 e. The fourth-order valence-electron chi connectivity index (χ4n) is 5.82. The summed E-state index contributed by atoms with van der Waals surface area (Å²) in [6.07, 6.45) is 2.96. The van der Waals surface area contributed by atoms with E-state index in [1.165, 1.54) is 35.2 Å². The second-order valence-electron chi connectivity index (χ2n) is 13.7. The molecule has 0 bridgehead atoms. The number of aromatic amines is 1. The number of nitrogens with one attached hydrogen (secondary N) is 3. The van der Waals surface area contributed by atoms with Crippen LogP contribution in [0.1, 0.15) is 40.8 Å². The molecule has 1 aromatic heterocycles. The van der Waals surface area contributed by atoms with Gasteiger partial charge in [-0.15, -0.1) is 5.73 Å². The number of nitro benzene ring substituents is 2. The Morgan fingerprint density at radius 1 is 0.933 bits per heavy atom. The van der Waals surface area contributed by atoms with Crippen molar-refractivity contribution in [3.63, 3.8) is 0 Å². The van der Waals surface area contributed by atoms with Gasteiger partial charge in [-0.25, -0.2) is 14.6 Å². The zero-order chi connectivity index (χ0) is 43.1. The second-order valence-corrected chi connectivity index (χ2v) is 13.7. The van der Waals surface area contributed by atoms with E-state index in [0.717, 1.165) is 35.9 Å². The van der Waals surface area contributed by atoms with Gasteiger partial charge in [-0.1, -0.05) is 20.6 Å². The normalized spacial score (nSPS) is 12.9. The molecule has 0 atom stereocenters. The van der Waals surface area contributed by atoms with Crippen LogP contribution in [-0.2, 0) is 11.3 Å². The fourth-order valence-corrected chi connectivity index (χ4v) is 5.82. The highest BCUT2D eigenvalue weighted by atomic mass is 16.6. The number of rotatable bonds is 6. The maximum absolute atomic E-state index is 12.1. The average molecular weight is 832 g/mol. The van der Waals surface area contributed by atoms with E-state index in [0.29, 0.717) is 62.3 Å². The molecule has 60 heavy (non-hydrogen) atoms. The van der Waals surface area contributed by atoms with Crippen molar-refractivity contribution in [2.45, 2.75) is 47.3 Å². The third kappa shape index (κ3) is 12.9. The van der Waals surface area contributed by atoms with E-state index < -0.39 is 21.5 Å². The highest BCUT2D eigenvalue weighted by Gasteiger charge is 2.30. The number of non-ortho nitro benzene ring substituents is 2. The van der Waals surface area contributed by atoms with Crippen molar-refractivity contribution in [2.24, 2.45) is 0 Å². The summed E-state index contributed by atoms with van der Waals surface area (Å²) in [4.78, 5) is 56.9. The Labute approximate surface area is 348 Å². The lowest BCUT2D eigenvalue weighted by molar-refractivity contribution is -0.385. The van der Waals surface area contributed by atoms with Gasteiger partial charge in [-0.3, -0.25) is 30.0 Å². The zero-order valence-corrected chi connectivity index (χ0v) is 33.7. The van der Waals surface area contributed by atoms with E-state index in [1.807, 2.05) is 31.3 Å². The Kier molecular flexibility index (Phi) is 17.3. The predicted octanol–water partition coefficient (Wildman–Crippen LogP) is 7.70. The number of aromatic nitrogens is 2. The minimum Gasteiger partial charge on any atom is -0.490 e. The Hall–Kier alpha value is -7.27. The van der Waals surface area contributed by atoms with Crippen molar-refractivity contribution in [2.75, 3.05) is 73.1 Å². The van der Waals surface area contributed by atoms with Crippen LogP contribution in [0.3, 0.4) is 0 Å². The number of ether oxygens (including phenoxy) is 4. The van der Waals surface area contributed by atoms with E-state index >= 15 is 0 Å². The van der Waals surface area contributed by atoms with E-state index in [2.05, 4.69) is 44.4 Å². The molecule has 3 amide bonds. The molecule has 4 aromatic rings. The molecule has 0 saturated heterocycles. The SMILES string of the molecule is C.C=C=C.CC(C)(C)OC(=O)N1CCOc2ccc([N+](=O)[O-])cc21.CCN(C(=O)NC)c1ccc2c(c1)N(Cc1cnc[nH]1)CCO2.O=[N+]([O-])c1ccc2c(c1)NCCO2. The number of amides is 3. The van der Waals surface area contributed by atoms with Crippen LogP contribution < -0.4 is 39.5 Å². The van der Waals surface area contributed by atoms with Crippen molar-refractivity contribution >= 4 is 46.2 Å². The lowest BCUT2D eigenvalue weighted by atomic mass is 10.2. The summed E-state index contributed by atoms with van der Waals surface area (Å²) in [5, 5.41) is 26.9. The van der Waals surface area contributed by atoms with Crippen LogP contribution in [0.4, 0.5) is 43.7 Å². The summed E-state index contributed by atoms with van der Waals surface area (Å²) in [6.45, 7) is 18.2. The van der Waals surface area contributed by atoms with Gasteiger partial charge in [0.15, 0.2) is 0 Å². The first kappa shape index (κ1) is 47.1. The number of nitrogens with zero attached hydrogens (tertiary/aromatic N) is 6. The van der Waals surface area contributed by atoms with Crippen LogP contribution in [0.5, 0.6) is 17.2 Å². The summed E-state index contributed by atoms with van der Waals surface area (Å²) < 4.78 is 21.7. The minimum absolute atomic E-state index is 0. The Morgan fingerprint density at radius 2 is 1.53 bits per heavy atom. The van der Waals surface area contributed by atoms with E-state index in [9.17, 15) is 29.8 Å². The average Bonchev–Trinajstić information content (AvgIpc) is 3.74. The predicted molar refractivity (Wildman–Crippen MR) is 230 cm³/mol. The molecule has 3 aliphatic rings. The number of benzene rings is 3. The van der Waals surface area contributed by atoms with Crippen LogP contribution in [0.2, 0.25) is 0 Å². The molecule has 3 N–H and O–H groups in total. The van der Waals surface area contributed by atoms with Gasteiger partial charge in [0.05, 0.1) is 58.6 Å². The Balaban J connectivity index is 0.000000238. The maximum atomic E-state index is 12.1. The minimum atomic E-state index is -0.629. The summed E-state index contributed by atoms with van der Waals surface area (Å²) >= 11 is 0. The molecule has 7 rings (SSSR count). The maximum Gasteiger partial charge on any atom is 0.415 e. The molecular formula is C41H53N9O10. The van der Waals surface area contributed by atoms with Gasteiger partial charge in [-0.05, 0) is 58.0 Å². The van der Waals surface area contributed by atoms with Crippen LogP contribution in [0, 0.1) is 20.2 Å². The van der Waals surface area contributed by atoms with Gasteiger partial charge in [0.25, 0.3) is 11.4 Å². The van der Waals surface area contributed by atoms with Gasteiger partial charge in [0, 0.05) is 56.3 Å². The Bertz CT molecular complexity index is 2120. The molecule has 0 spiro atoms. The third-order valence-electron chi connectivity index (χ3n) is 8.38. The first-order valence-electron chi connectivity index (χ1n) is 18.5. The van der Waals surface area contributed by atoms with Crippen molar-refractivity contribution in [1.82, 2.24) is 15.3 Å². The zero-order valence-electron chi connectivity index (χ0n) is 33.7. The van der Waals surface area contributed by atoms with Crippen molar-refractivity contribution in [3.8, 4) is 17.2 Å². The molecule has 0 fully saturated rings. The summed E-state index contributed by atoms with van der Waals surface area (Å²) in [7, 11) is 1.64. The number of nitro groups is 2. The third-order valence-corrected chi connectivity index (χ3v) is 8.38. The molecule has 0 aliphatic carbocycles. The van der Waals surface area contributed by atoms with Gasteiger partial charge in [0.1, 0.15) is 42.7 Å². The largest absolute Gasteiger partial charge is 0.490 e. The summed E-state index contributed by atoms with van der Waals surface area (Å²) in [5.74, 6) is 1.96. The molecule has 19 heteroatoms. The second kappa shape index (κ2) is 22.0. The molecule has 0 unspecified atom stereocenters. The van der Waals surface area contributed by atoms with Crippen LogP contribution in [0.25, 0.3) is 0 Å². The number of urea groups is 1. The van der Waals surface area contributed by atoms with Gasteiger partial charge in [0.2, 0.25) is 0 Å². The molecule has 0 saturated carbocycles. The fraction of sp³-hybridized carbons (Fsp3) is 0.366. The molecule has 3 aromatic carbocycles. The number of hydrogen-bond donors (Lipinski definition) is 3. The molecule has 4 heterocycles. The lowest BCUT2D eigenvalue weighted by Gasteiger charge is -2.32. The highest BCUT2D eigenvalue weighted by molar-refractivity contribution is 5.93. The number of imidazole rings is 1. The molecule has 322 valence electrons. The van der Waals surface area contributed by atoms with Gasteiger partial charge >= 0.3 is 12.1 Å². The van der Waals surface area contributed by atoms with Crippen molar-refractivity contribution in [3.05, 3.63) is 112 Å². The molecule has 3 aliphatic heterocycles. The van der Waals surface area contributed by atoms with Crippen molar-refractivity contribution in [1.29, 1.82) is 0 Å². The molecular weight excluding hydrogens is 779 g/mol. The molecule has 0 radical (unpaired) electrons. The first-order valence-corrected chi connectivity index (χ1v) is 18.5. The molecule has 19 nitrogen and oxygen atoms in total. The number of carbonyl (C=O) groups is 2. The van der Waals surface area contributed by atoms with Crippen LogP contribution in [-0.4, -0.2) is 90.6 Å². The lowest BCUT2D eigenvalue weighted by Crippen LogP contribution is -2.41. The number of fused-ring (bicyclic) bond motifs is 3. The van der Waals surface area contributed by atoms with Crippen LogP contribution >= 0.6 is 0 Å². The monoisotopic (exact) mass is 831 g/mol. The van der Waals surface area contributed by atoms with Crippen LogP contribution in [0.15, 0.2) is 86.0 Å². The quantitative estimate of drug-likeness (QED) is 0.0965. The first-order chi connectivity index (χ1) is 28.2. The van der Waals surface area contributed by atoms with E-state index in [4.69, 9.17) is 18.9 Å².